The Morgan fingerprint density at radius 1 is 1.00 bits per heavy atom. The first-order valence-corrected chi connectivity index (χ1v) is 12.1. The predicted molar refractivity (Wildman–Crippen MR) is 144 cm³/mol. The molecule has 2 heterocycles. The molecule has 5 rings (SSSR count). The molecule has 1 aliphatic rings. The van der Waals surface area contributed by atoms with Gasteiger partial charge in [-0.05, 0) is 48.8 Å². The summed E-state index contributed by atoms with van der Waals surface area (Å²) < 4.78 is 0. The van der Waals surface area contributed by atoms with Crippen LogP contribution >= 0.6 is 23.8 Å². The van der Waals surface area contributed by atoms with Gasteiger partial charge < -0.3 is 5.32 Å². The molecule has 0 amide bonds. The zero-order chi connectivity index (χ0) is 23.7. The van der Waals surface area contributed by atoms with Crippen LogP contribution in [0.3, 0.4) is 0 Å². The maximum Gasteiger partial charge on any atom is 0.190 e. The summed E-state index contributed by atoms with van der Waals surface area (Å²) in [6.07, 6.45) is 0.691. The van der Waals surface area contributed by atoms with E-state index < -0.39 is 0 Å². The number of para-hydroxylation sites is 1. The first-order chi connectivity index (χ1) is 16.5. The van der Waals surface area contributed by atoms with Crippen molar-refractivity contribution in [2.24, 2.45) is 5.10 Å². The number of benzene rings is 3. The second-order valence-electron chi connectivity index (χ2n) is 8.59. The Morgan fingerprint density at radius 2 is 1.74 bits per heavy atom. The molecule has 170 valence electrons. The molecular formula is C28H25ClN4S. The van der Waals surface area contributed by atoms with Gasteiger partial charge in [-0.1, -0.05) is 84.4 Å². The van der Waals surface area contributed by atoms with Crippen LogP contribution < -0.4 is 5.32 Å². The molecule has 6 heteroatoms. The van der Waals surface area contributed by atoms with Crippen molar-refractivity contribution in [3.05, 3.63) is 112 Å². The molecule has 34 heavy (non-hydrogen) atoms. The van der Waals surface area contributed by atoms with Crippen LogP contribution in [-0.4, -0.2) is 20.8 Å². The molecule has 0 unspecified atom stereocenters. The van der Waals surface area contributed by atoms with E-state index in [1.54, 1.807) is 0 Å². The summed E-state index contributed by atoms with van der Waals surface area (Å²) in [5.74, 6) is 0. The highest BCUT2D eigenvalue weighted by Crippen LogP contribution is 2.38. The van der Waals surface area contributed by atoms with Gasteiger partial charge in [0.15, 0.2) is 5.11 Å². The summed E-state index contributed by atoms with van der Waals surface area (Å²) in [6.45, 7) is 4.78. The van der Waals surface area contributed by atoms with Gasteiger partial charge >= 0.3 is 0 Å². The highest BCUT2D eigenvalue weighted by molar-refractivity contribution is 7.80. The quantitative estimate of drug-likeness (QED) is 0.257. The molecule has 3 aromatic carbocycles. The summed E-state index contributed by atoms with van der Waals surface area (Å²) in [6, 6.07) is 26.7. The van der Waals surface area contributed by atoms with Crippen molar-refractivity contribution in [1.29, 1.82) is 0 Å². The molecule has 0 fully saturated rings. The number of aryl methyl sites for hydroxylation is 2. The number of nitrogens with zero attached hydrogens (tertiary/aromatic N) is 3. The molecular weight excluding hydrogens is 460 g/mol. The molecule has 0 radical (unpaired) electrons. The van der Waals surface area contributed by atoms with Crippen molar-refractivity contribution in [3.8, 4) is 0 Å². The largest absolute Gasteiger partial charge is 0.357 e. The van der Waals surface area contributed by atoms with Crippen LogP contribution in [0.4, 0.5) is 0 Å². The SMILES string of the molecule is Cc1ccccc1C1=NN(C(=S)NCc2ccccc2)[C@H](c2cc3cccc(C)c3nc2Cl)C1. The highest BCUT2D eigenvalue weighted by Gasteiger charge is 2.33. The summed E-state index contributed by atoms with van der Waals surface area (Å²) in [5, 5.41) is 12.4. The molecule has 0 aliphatic carbocycles. The summed E-state index contributed by atoms with van der Waals surface area (Å²) >= 11 is 12.6. The topological polar surface area (TPSA) is 40.5 Å². The minimum absolute atomic E-state index is 0.143. The lowest BCUT2D eigenvalue weighted by Crippen LogP contribution is -2.36. The number of nitrogens with one attached hydrogen (secondary N) is 1. The van der Waals surface area contributed by atoms with Crippen molar-refractivity contribution >= 4 is 45.5 Å². The van der Waals surface area contributed by atoms with Crippen LogP contribution in [0.25, 0.3) is 10.9 Å². The number of aromatic nitrogens is 1. The highest BCUT2D eigenvalue weighted by atomic mass is 35.5. The van der Waals surface area contributed by atoms with Crippen LogP contribution in [0.15, 0.2) is 84.0 Å². The Bertz CT molecular complexity index is 1400. The van der Waals surface area contributed by atoms with Gasteiger partial charge in [0, 0.05) is 29.5 Å². The van der Waals surface area contributed by atoms with E-state index in [0.717, 1.165) is 38.9 Å². The van der Waals surface area contributed by atoms with E-state index in [1.807, 2.05) is 41.4 Å². The summed E-state index contributed by atoms with van der Waals surface area (Å²) in [4.78, 5) is 4.75. The lowest BCUT2D eigenvalue weighted by molar-refractivity contribution is 0.363. The van der Waals surface area contributed by atoms with Crippen LogP contribution in [0.1, 0.15) is 40.3 Å². The van der Waals surface area contributed by atoms with Gasteiger partial charge in [-0.3, -0.25) is 0 Å². The number of pyridine rings is 1. The summed E-state index contributed by atoms with van der Waals surface area (Å²) in [5.41, 5.74) is 7.41. The molecule has 1 aliphatic heterocycles. The van der Waals surface area contributed by atoms with Crippen molar-refractivity contribution in [1.82, 2.24) is 15.3 Å². The Kier molecular flexibility index (Phi) is 6.31. The Morgan fingerprint density at radius 3 is 2.53 bits per heavy atom. The fourth-order valence-electron chi connectivity index (χ4n) is 4.43. The van der Waals surface area contributed by atoms with Gasteiger partial charge in [0.1, 0.15) is 5.15 Å². The average molecular weight is 485 g/mol. The van der Waals surface area contributed by atoms with Crippen LogP contribution in [0.5, 0.6) is 0 Å². The molecule has 0 saturated heterocycles. The number of hydrogen-bond acceptors (Lipinski definition) is 3. The van der Waals surface area contributed by atoms with E-state index in [-0.39, 0.29) is 6.04 Å². The van der Waals surface area contributed by atoms with Gasteiger partial charge in [-0.15, -0.1) is 0 Å². The number of hydrogen-bond donors (Lipinski definition) is 1. The smallest absolute Gasteiger partial charge is 0.190 e. The van der Waals surface area contributed by atoms with Crippen LogP contribution in [0.2, 0.25) is 5.15 Å². The van der Waals surface area contributed by atoms with E-state index in [2.05, 4.69) is 61.6 Å². The maximum absolute atomic E-state index is 6.77. The van der Waals surface area contributed by atoms with Crippen molar-refractivity contribution in [2.45, 2.75) is 32.9 Å². The molecule has 0 bridgehead atoms. The first-order valence-electron chi connectivity index (χ1n) is 11.3. The second-order valence-corrected chi connectivity index (χ2v) is 9.33. The van der Waals surface area contributed by atoms with Gasteiger partial charge in [0.25, 0.3) is 0 Å². The molecule has 0 spiro atoms. The molecule has 0 saturated carbocycles. The van der Waals surface area contributed by atoms with Gasteiger partial charge in [-0.25, -0.2) is 9.99 Å². The zero-order valence-corrected chi connectivity index (χ0v) is 20.7. The van der Waals surface area contributed by atoms with E-state index in [0.29, 0.717) is 23.2 Å². The van der Waals surface area contributed by atoms with E-state index >= 15 is 0 Å². The molecule has 4 aromatic rings. The third kappa shape index (κ3) is 4.41. The lowest BCUT2D eigenvalue weighted by atomic mass is 9.96. The van der Waals surface area contributed by atoms with Crippen molar-refractivity contribution in [3.63, 3.8) is 0 Å². The number of rotatable bonds is 4. The normalized spacial score (nSPS) is 15.4. The van der Waals surface area contributed by atoms with Crippen molar-refractivity contribution in [2.75, 3.05) is 0 Å². The van der Waals surface area contributed by atoms with E-state index in [4.69, 9.17) is 33.9 Å². The Labute approximate surface area is 210 Å². The molecule has 4 nitrogen and oxygen atoms in total. The zero-order valence-electron chi connectivity index (χ0n) is 19.1. The Hall–Kier alpha value is -3.28. The predicted octanol–water partition coefficient (Wildman–Crippen LogP) is 6.73. The third-order valence-corrected chi connectivity index (χ3v) is 6.88. The Balaban J connectivity index is 1.52. The summed E-state index contributed by atoms with van der Waals surface area (Å²) in [7, 11) is 0. The number of fused-ring (bicyclic) bond motifs is 1. The standard InChI is InChI=1S/C28H25ClN4S/c1-18-9-6-7-14-22(18)24-16-25(23-15-21-13-8-10-19(2)26(21)31-27(23)29)33(32-24)28(34)30-17-20-11-4-3-5-12-20/h3-15,25H,16-17H2,1-2H3,(H,30,34)/t25-/m0/s1. The van der Waals surface area contributed by atoms with Gasteiger partial charge in [-0.2, -0.15) is 5.10 Å². The fourth-order valence-corrected chi connectivity index (χ4v) is 4.93. The third-order valence-electron chi connectivity index (χ3n) is 6.25. The number of halogens is 1. The van der Waals surface area contributed by atoms with Crippen LogP contribution in [-0.2, 0) is 6.54 Å². The lowest BCUT2D eigenvalue weighted by Gasteiger charge is -2.25. The monoisotopic (exact) mass is 484 g/mol. The fraction of sp³-hybridized carbons (Fsp3) is 0.179. The number of hydrazone groups is 1. The van der Waals surface area contributed by atoms with Crippen molar-refractivity contribution < 1.29 is 0 Å². The van der Waals surface area contributed by atoms with Gasteiger partial charge in [0.05, 0.1) is 17.3 Å². The minimum Gasteiger partial charge on any atom is -0.357 e. The van der Waals surface area contributed by atoms with Crippen LogP contribution in [0, 0.1) is 13.8 Å². The number of thiocarbonyl (C=S) groups is 1. The van der Waals surface area contributed by atoms with E-state index in [9.17, 15) is 0 Å². The maximum atomic E-state index is 6.77. The van der Waals surface area contributed by atoms with E-state index in [1.165, 1.54) is 5.56 Å². The average Bonchev–Trinajstić information content (AvgIpc) is 3.29. The minimum atomic E-state index is -0.143. The molecule has 1 N–H and O–H groups in total. The molecule has 1 aromatic heterocycles. The second kappa shape index (κ2) is 9.53. The van der Waals surface area contributed by atoms with Gasteiger partial charge in [0.2, 0.25) is 0 Å². The molecule has 1 atom stereocenters. The first kappa shape index (κ1) is 22.5.